The Morgan fingerprint density at radius 1 is 1.14 bits per heavy atom. The van der Waals surface area contributed by atoms with E-state index >= 15 is 0 Å². The Morgan fingerprint density at radius 2 is 1.57 bits per heavy atom. The van der Waals surface area contributed by atoms with E-state index in [9.17, 15) is 9.59 Å². The summed E-state index contributed by atoms with van der Waals surface area (Å²) in [7, 11) is 1.28. The number of carbonyl (C=O) groups excluding carboxylic acids is 2. The van der Waals surface area contributed by atoms with Gasteiger partial charge in [-0.25, -0.2) is 14.4 Å². The van der Waals surface area contributed by atoms with Gasteiger partial charge in [0.15, 0.2) is 0 Å². The van der Waals surface area contributed by atoms with Crippen molar-refractivity contribution in [2.24, 2.45) is 11.7 Å². The third kappa shape index (κ3) is 9.38. The maximum absolute atomic E-state index is 11.5. The average molecular weight is 306 g/mol. The first-order valence-corrected chi connectivity index (χ1v) is 6.18. The van der Waals surface area contributed by atoms with Gasteiger partial charge in [0, 0.05) is 0 Å². The topological polar surface area (TPSA) is 156 Å². The molecular formula is C12H22N2O7. The number of carbonyl (C=O) groups is 4. The third-order valence-corrected chi connectivity index (χ3v) is 2.66. The molecule has 0 saturated heterocycles. The van der Waals surface area contributed by atoms with E-state index in [0.717, 1.165) is 6.42 Å². The summed E-state index contributed by atoms with van der Waals surface area (Å²) in [5.41, 5.74) is 5.70. The molecule has 9 nitrogen and oxygen atoms in total. The molecule has 0 saturated carbocycles. The lowest BCUT2D eigenvalue weighted by Crippen LogP contribution is -2.49. The number of nitrogens with two attached hydrogens (primary N) is 1. The van der Waals surface area contributed by atoms with Crippen molar-refractivity contribution in [1.82, 2.24) is 5.32 Å². The second-order valence-corrected chi connectivity index (χ2v) is 4.28. The lowest BCUT2D eigenvalue weighted by molar-refractivity contribution is -0.159. The fourth-order valence-electron chi connectivity index (χ4n) is 1.06. The van der Waals surface area contributed by atoms with Crippen LogP contribution in [0.1, 0.15) is 27.2 Å². The van der Waals surface area contributed by atoms with Crippen LogP contribution in [0.5, 0.6) is 0 Å². The summed E-state index contributed by atoms with van der Waals surface area (Å²) >= 11 is 0. The summed E-state index contributed by atoms with van der Waals surface area (Å²) < 4.78 is 4.48. The van der Waals surface area contributed by atoms with Crippen LogP contribution in [0, 0.1) is 5.92 Å². The number of hydrogen-bond acceptors (Lipinski definition) is 6. The van der Waals surface area contributed by atoms with Gasteiger partial charge in [-0.2, -0.15) is 0 Å². The molecule has 3 atom stereocenters. The molecule has 122 valence electrons. The van der Waals surface area contributed by atoms with Crippen molar-refractivity contribution in [2.75, 3.05) is 7.11 Å². The smallest absolute Gasteiger partial charge is 0.414 e. The number of esters is 1. The number of methoxy groups -OCH3 is 1. The summed E-state index contributed by atoms with van der Waals surface area (Å²) in [5.74, 6) is -4.35. The lowest BCUT2D eigenvalue weighted by Gasteiger charge is -2.19. The van der Waals surface area contributed by atoms with Crippen molar-refractivity contribution in [3.05, 3.63) is 0 Å². The standard InChI is InChI=1S/C10H20N2O3.C2H2O4/c1-5-6(2)8(11)9(13)12-7(3)10(14)15-4;3-1(4)2(5)6/h6-8H,5,11H2,1-4H3,(H,12,13);(H,3,4)(H,5,6)/t6-,7-,8-;/m0./s1. The quantitative estimate of drug-likeness (QED) is 0.379. The van der Waals surface area contributed by atoms with Crippen molar-refractivity contribution in [1.29, 1.82) is 0 Å². The maximum atomic E-state index is 11.5. The largest absolute Gasteiger partial charge is 0.473 e. The molecule has 0 aliphatic carbocycles. The van der Waals surface area contributed by atoms with Crippen LogP contribution in [0.25, 0.3) is 0 Å². The van der Waals surface area contributed by atoms with E-state index < -0.39 is 30.0 Å². The highest BCUT2D eigenvalue weighted by molar-refractivity contribution is 6.27. The molecule has 0 aromatic heterocycles. The second kappa shape index (κ2) is 10.6. The van der Waals surface area contributed by atoms with E-state index in [1.807, 2.05) is 13.8 Å². The molecule has 0 rings (SSSR count). The van der Waals surface area contributed by atoms with Gasteiger partial charge < -0.3 is 26.0 Å². The number of ether oxygens (including phenoxy) is 1. The molecular weight excluding hydrogens is 284 g/mol. The molecule has 21 heavy (non-hydrogen) atoms. The summed E-state index contributed by atoms with van der Waals surface area (Å²) in [4.78, 5) is 40.8. The highest BCUT2D eigenvalue weighted by Crippen LogP contribution is 2.05. The minimum absolute atomic E-state index is 0.0925. The van der Waals surface area contributed by atoms with Gasteiger partial charge in [-0.3, -0.25) is 4.79 Å². The van der Waals surface area contributed by atoms with Crippen molar-refractivity contribution < 1.29 is 34.1 Å². The fourth-order valence-corrected chi connectivity index (χ4v) is 1.06. The van der Waals surface area contributed by atoms with Crippen molar-refractivity contribution in [3.63, 3.8) is 0 Å². The van der Waals surface area contributed by atoms with E-state index in [4.69, 9.17) is 25.5 Å². The number of carboxylic acid groups (broad SMARTS) is 2. The maximum Gasteiger partial charge on any atom is 0.414 e. The molecule has 0 aliphatic heterocycles. The Kier molecular flexibility index (Phi) is 10.7. The zero-order valence-corrected chi connectivity index (χ0v) is 12.5. The first-order valence-electron chi connectivity index (χ1n) is 6.18. The molecule has 0 fully saturated rings. The molecule has 0 heterocycles. The summed E-state index contributed by atoms with van der Waals surface area (Å²) in [6.45, 7) is 5.42. The Bertz CT molecular complexity index is 372. The van der Waals surface area contributed by atoms with Gasteiger partial charge in [0.2, 0.25) is 5.91 Å². The van der Waals surface area contributed by atoms with Gasteiger partial charge in [-0.15, -0.1) is 0 Å². The molecule has 0 aromatic rings. The van der Waals surface area contributed by atoms with Gasteiger partial charge in [-0.05, 0) is 12.8 Å². The SMILES string of the molecule is CC[C@H](C)[C@H](N)C(=O)N[C@@H](C)C(=O)OC.O=C(O)C(=O)O. The number of hydrogen-bond donors (Lipinski definition) is 4. The van der Waals surface area contributed by atoms with E-state index in [2.05, 4.69) is 10.1 Å². The van der Waals surface area contributed by atoms with Gasteiger partial charge in [-0.1, -0.05) is 20.3 Å². The van der Waals surface area contributed by atoms with E-state index in [-0.39, 0.29) is 11.8 Å². The van der Waals surface area contributed by atoms with Gasteiger partial charge in [0.25, 0.3) is 0 Å². The number of carboxylic acids is 2. The van der Waals surface area contributed by atoms with Crippen LogP contribution < -0.4 is 11.1 Å². The Morgan fingerprint density at radius 3 is 1.86 bits per heavy atom. The van der Waals surface area contributed by atoms with Crippen LogP contribution in [-0.4, -0.2) is 53.2 Å². The molecule has 0 spiro atoms. The zero-order valence-electron chi connectivity index (χ0n) is 12.5. The van der Waals surface area contributed by atoms with Crippen LogP contribution in [0.2, 0.25) is 0 Å². The molecule has 0 radical (unpaired) electrons. The predicted molar refractivity (Wildman–Crippen MR) is 72.3 cm³/mol. The normalized spacial score (nSPS) is 13.8. The molecule has 0 aromatic carbocycles. The molecule has 0 aliphatic rings. The third-order valence-electron chi connectivity index (χ3n) is 2.66. The number of rotatable bonds is 5. The van der Waals surface area contributed by atoms with Gasteiger partial charge in [0.1, 0.15) is 6.04 Å². The van der Waals surface area contributed by atoms with Crippen LogP contribution in [0.15, 0.2) is 0 Å². The van der Waals surface area contributed by atoms with Crippen LogP contribution in [0.4, 0.5) is 0 Å². The Hall–Kier alpha value is -2.16. The number of nitrogens with one attached hydrogen (secondary N) is 1. The highest BCUT2D eigenvalue weighted by Gasteiger charge is 2.23. The van der Waals surface area contributed by atoms with E-state index in [1.54, 1.807) is 6.92 Å². The van der Waals surface area contributed by atoms with Gasteiger partial charge in [0.05, 0.1) is 13.2 Å². The molecule has 0 unspecified atom stereocenters. The first kappa shape index (κ1) is 21.1. The number of amides is 1. The highest BCUT2D eigenvalue weighted by atomic mass is 16.5. The zero-order chi connectivity index (χ0) is 17.2. The molecule has 0 bridgehead atoms. The summed E-state index contributed by atoms with van der Waals surface area (Å²) in [5, 5.41) is 17.3. The second-order valence-electron chi connectivity index (χ2n) is 4.28. The van der Waals surface area contributed by atoms with Crippen LogP contribution >= 0.6 is 0 Å². The number of aliphatic carboxylic acids is 2. The predicted octanol–water partition coefficient (Wildman–Crippen LogP) is -0.807. The van der Waals surface area contributed by atoms with Crippen LogP contribution in [-0.2, 0) is 23.9 Å². The van der Waals surface area contributed by atoms with Crippen molar-refractivity contribution in [2.45, 2.75) is 39.3 Å². The lowest BCUT2D eigenvalue weighted by atomic mass is 9.99. The average Bonchev–Trinajstić information content (AvgIpc) is 2.44. The van der Waals surface area contributed by atoms with Crippen molar-refractivity contribution in [3.8, 4) is 0 Å². The summed E-state index contributed by atoms with van der Waals surface area (Å²) in [6.07, 6.45) is 0.821. The molecule has 9 heteroatoms. The fraction of sp³-hybridized carbons (Fsp3) is 0.667. The van der Waals surface area contributed by atoms with E-state index in [0.29, 0.717) is 0 Å². The van der Waals surface area contributed by atoms with Gasteiger partial charge >= 0.3 is 17.9 Å². The minimum atomic E-state index is -1.82. The first-order chi connectivity index (χ1) is 9.58. The minimum Gasteiger partial charge on any atom is -0.473 e. The monoisotopic (exact) mass is 306 g/mol. The summed E-state index contributed by atoms with van der Waals surface area (Å²) in [6, 6.07) is -1.24. The van der Waals surface area contributed by atoms with E-state index in [1.165, 1.54) is 7.11 Å². The van der Waals surface area contributed by atoms with Crippen molar-refractivity contribution >= 4 is 23.8 Å². The molecule has 1 amide bonds. The Labute approximate surface area is 122 Å². The van der Waals surface area contributed by atoms with Crippen LogP contribution in [0.3, 0.4) is 0 Å². The molecule has 5 N–H and O–H groups in total. The Balaban J connectivity index is 0.